The van der Waals surface area contributed by atoms with E-state index < -0.39 is 18.0 Å². The lowest BCUT2D eigenvalue weighted by Crippen LogP contribution is -2.36. The van der Waals surface area contributed by atoms with Crippen LogP contribution in [0.4, 0.5) is 5.69 Å². The molecule has 0 bridgehead atoms. The second-order valence-electron chi connectivity index (χ2n) is 15.2. The van der Waals surface area contributed by atoms with Gasteiger partial charge in [0.1, 0.15) is 11.4 Å². The molecule has 3 heterocycles. The van der Waals surface area contributed by atoms with Crippen LogP contribution in [0.5, 0.6) is 0 Å². The molecule has 0 saturated heterocycles. The summed E-state index contributed by atoms with van der Waals surface area (Å²) in [6.07, 6.45) is 4.14. The van der Waals surface area contributed by atoms with Crippen LogP contribution in [0.15, 0.2) is 109 Å². The van der Waals surface area contributed by atoms with Gasteiger partial charge in [-0.05, 0) is 64.7 Å². The summed E-state index contributed by atoms with van der Waals surface area (Å²) in [6.45, 7) is 3.03. The molecule has 0 aliphatic carbocycles. The number of nitrogens with one attached hydrogen (secondary N) is 1. The van der Waals surface area contributed by atoms with E-state index in [4.69, 9.17) is 9.47 Å². The number of pyridine rings is 2. The number of aromatic carboxylic acids is 2. The van der Waals surface area contributed by atoms with Crippen LogP contribution in [0.3, 0.4) is 0 Å². The highest BCUT2D eigenvalue weighted by molar-refractivity contribution is 5.98. The number of aromatic nitrogens is 2. The fourth-order valence-corrected chi connectivity index (χ4v) is 7.52. The van der Waals surface area contributed by atoms with Crippen LogP contribution >= 0.6 is 0 Å². The van der Waals surface area contributed by atoms with Crippen LogP contribution in [0, 0.1) is 0 Å². The zero-order chi connectivity index (χ0) is 46.0. The second kappa shape index (κ2) is 24.4. The maximum absolute atomic E-state index is 13.7. The van der Waals surface area contributed by atoms with Crippen LogP contribution in [0.25, 0.3) is 12.2 Å². The molecule has 340 valence electrons. The van der Waals surface area contributed by atoms with E-state index in [0.29, 0.717) is 61.8 Å². The number of hydrogen-bond acceptors (Lipinski definition) is 12. The standard InChI is InChI=1S/C49H54N6O10/c56-27-23-53(34-40-10-5-12-42(51-40)48(60)61)25-29-64-31-32-65-30-26-54(24-28-57)46(41-11-6-13-43(52-41)49(62)63)37-17-19-38(20-18-37)47(59)50-22-21-45(58)55-33-39-9-2-1-7-35(39)15-16-36-8-3-4-14-44(36)55/h1-20,46,56-57H,21-34H2,(H,50,59)(H,60,61)(H,62,63)/b16-15-. The maximum atomic E-state index is 13.7. The molecule has 2 amide bonds. The molecule has 1 atom stereocenters. The lowest BCUT2D eigenvalue weighted by Gasteiger charge is -2.31. The third kappa shape index (κ3) is 13.7. The minimum absolute atomic E-state index is 0.0508. The van der Waals surface area contributed by atoms with Gasteiger partial charge in [-0.2, -0.15) is 0 Å². The van der Waals surface area contributed by atoms with Crippen molar-refractivity contribution in [3.63, 3.8) is 0 Å². The third-order valence-electron chi connectivity index (χ3n) is 10.8. The molecule has 5 N–H and O–H groups in total. The van der Waals surface area contributed by atoms with Crippen molar-refractivity contribution in [2.45, 2.75) is 25.6 Å². The molecule has 5 aromatic rings. The van der Waals surface area contributed by atoms with Gasteiger partial charge in [-0.1, -0.05) is 78.9 Å². The number of aliphatic hydroxyl groups is 2. The number of aliphatic hydroxyl groups excluding tert-OH is 2. The van der Waals surface area contributed by atoms with E-state index in [1.807, 2.05) is 64.4 Å². The topological polar surface area (TPSA) is 215 Å². The van der Waals surface area contributed by atoms with Gasteiger partial charge >= 0.3 is 11.9 Å². The zero-order valence-electron chi connectivity index (χ0n) is 36.0. The predicted octanol–water partition coefficient (Wildman–Crippen LogP) is 4.62. The molecule has 1 aliphatic heterocycles. The lowest BCUT2D eigenvalue weighted by atomic mass is 9.99. The first-order chi connectivity index (χ1) is 31.6. The minimum atomic E-state index is -1.19. The smallest absolute Gasteiger partial charge is 0.354 e. The maximum Gasteiger partial charge on any atom is 0.354 e. The van der Waals surface area contributed by atoms with Gasteiger partial charge in [-0.15, -0.1) is 0 Å². The minimum Gasteiger partial charge on any atom is -0.477 e. The molecule has 1 unspecified atom stereocenters. The van der Waals surface area contributed by atoms with Crippen molar-refractivity contribution in [3.8, 4) is 0 Å². The number of ether oxygens (including phenoxy) is 2. The molecular formula is C49H54N6O10. The second-order valence-corrected chi connectivity index (χ2v) is 15.2. The van der Waals surface area contributed by atoms with Gasteiger partial charge in [-0.3, -0.25) is 19.4 Å². The van der Waals surface area contributed by atoms with Gasteiger partial charge in [0, 0.05) is 51.3 Å². The van der Waals surface area contributed by atoms with Crippen LogP contribution in [0.1, 0.15) is 77.4 Å². The van der Waals surface area contributed by atoms with Gasteiger partial charge in [-0.25, -0.2) is 19.6 Å². The highest BCUT2D eigenvalue weighted by Crippen LogP contribution is 2.30. The summed E-state index contributed by atoms with van der Waals surface area (Å²) < 4.78 is 11.7. The van der Waals surface area contributed by atoms with E-state index in [2.05, 4.69) is 21.4 Å². The molecule has 3 aromatic carbocycles. The average Bonchev–Trinajstić information content (AvgIpc) is 3.31. The van der Waals surface area contributed by atoms with Crippen molar-refractivity contribution in [1.29, 1.82) is 0 Å². The zero-order valence-corrected chi connectivity index (χ0v) is 36.0. The summed E-state index contributed by atoms with van der Waals surface area (Å²) in [4.78, 5) is 64.5. The van der Waals surface area contributed by atoms with Crippen LogP contribution < -0.4 is 10.2 Å². The number of carboxylic acids is 2. The molecule has 1 aliphatic rings. The van der Waals surface area contributed by atoms with E-state index in [-0.39, 0.29) is 75.7 Å². The van der Waals surface area contributed by atoms with E-state index >= 15 is 0 Å². The third-order valence-corrected chi connectivity index (χ3v) is 10.8. The van der Waals surface area contributed by atoms with Crippen molar-refractivity contribution >= 4 is 41.6 Å². The molecule has 0 fully saturated rings. The van der Waals surface area contributed by atoms with Gasteiger partial charge in [0.25, 0.3) is 5.91 Å². The number of anilines is 1. The Balaban J connectivity index is 1.04. The number of carboxylic acid groups (broad SMARTS) is 2. The summed E-state index contributed by atoms with van der Waals surface area (Å²) in [5.74, 6) is -2.79. The molecule has 0 saturated carbocycles. The summed E-state index contributed by atoms with van der Waals surface area (Å²) >= 11 is 0. The number of carbonyl (C=O) groups excluding carboxylic acids is 2. The fraction of sp³-hybridized carbons (Fsp3) is 0.306. The Hall–Kier alpha value is -6.66. The first kappa shape index (κ1) is 47.8. The van der Waals surface area contributed by atoms with Crippen molar-refractivity contribution < 1.29 is 49.1 Å². The fourth-order valence-electron chi connectivity index (χ4n) is 7.52. The van der Waals surface area contributed by atoms with Crippen molar-refractivity contribution in [2.75, 3.05) is 77.3 Å². The first-order valence-electron chi connectivity index (χ1n) is 21.4. The highest BCUT2D eigenvalue weighted by Gasteiger charge is 2.26. The Morgan fingerprint density at radius 3 is 2.05 bits per heavy atom. The SMILES string of the molecule is O=C(NCCC(=O)N1Cc2ccccc2/C=C\c2ccccc21)c1ccc(C(c2cccc(C(=O)O)n2)N(CCO)CCOCCOCCN(CCO)Cc2cccc(C(=O)O)n2)cc1. The highest BCUT2D eigenvalue weighted by atomic mass is 16.5. The number of amides is 2. The van der Waals surface area contributed by atoms with Crippen molar-refractivity contribution in [2.24, 2.45) is 0 Å². The largest absolute Gasteiger partial charge is 0.477 e. The Bertz CT molecular complexity index is 2410. The number of benzene rings is 3. The van der Waals surface area contributed by atoms with E-state index in [0.717, 1.165) is 22.4 Å². The number of para-hydroxylation sites is 1. The molecule has 0 spiro atoms. The van der Waals surface area contributed by atoms with Gasteiger partial charge in [0.05, 0.1) is 69.3 Å². The van der Waals surface area contributed by atoms with E-state index in [1.165, 1.54) is 12.1 Å². The Kier molecular flexibility index (Phi) is 18.0. The van der Waals surface area contributed by atoms with Crippen molar-refractivity contribution in [1.82, 2.24) is 25.1 Å². The van der Waals surface area contributed by atoms with Crippen LogP contribution in [0.2, 0.25) is 0 Å². The summed E-state index contributed by atoms with van der Waals surface area (Å²) in [5.41, 5.74) is 5.64. The monoisotopic (exact) mass is 886 g/mol. The predicted molar refractivity (Wildman–Crippen MR) is 243 cm³/mol. The molecule has 0 radical (unpaired) electrons. The van der Waals surface area contributed by atoms with Gasteiger partial charge in [0.15, 0.2) is 0 Å². The van der Waals surface area contributed by atoms with Crippen LogP contribution in [-0.2, 0) is 27.4 Å². The summed E-state index contributed by atoms with van der Waals surface area (Å²) in [6, 6.07) is 31.4. The normalized spacial score (nSPS) is 13.1. The molecule has 6 rings (SSSR count). The van der Waals surface area contributed by atoms with Gasteiger partial charge in [0.2, 0.25) is 5.91 Å². The summed E-state index contributed by atoms with van der Waals surface area (Å²) in [7, 11) is 0. The first-order valence-corrected chi connectivity index (χ1v) is 21.4. The van der Waals surface area contributed by atoms with E-state index in [1.54, 1.807) is 53.4 Å². The Morgan fingerprint density at radius 2 is 1.32 bits per heavy atom. The Labute approximate surface area is 377 Å². The molecule has 16 heteroatoms. The molecule has 2 aromatic heterocycles. The summed E-state index contributed by atoms with van der Waals surface area (Å²) in [5, 5.41) is 41.5. The molecule has 65 heavy (non-hydrogen) atoms. The lowest BCUT2D eigenvalue weighted by molar-refractivity contribution is -0.118. The Morgan fingerprint density at radius 1 is 0.677 bits per heavy atom. The number of nitrogens with zero attached hydrogens (tertiary/aromatic N) is 5. The molecular weight excluding hydrogens is 833 g/mol. The van der Waals surface area contributed by atoms with Crippen LogP contribution in [-0.4, -0.2) is 136 Å². The average molecular weight is 887 g/mol. The number of rotatable bonds is 24. The van der Waals surface area contributed by atoms with E-state index in [9.17, 15) is 39.6 Å². The van der Waals surface area contributed by atoms with Gasteiger partial charge < -0.3 is 40.1 Å². The number of hydrogen-bond donors (Lipinski definition) is 5. The molecule has 16 nitrogen and oxygen atoms in total. The number of fused-ring (bicyclic) bond motifs is 2. The quantitative estimate of drug-likeness (QED) is 0.0535. The number of carbonyl (C=O) groups is 4. The van der Waals surface area contributed by atoms with Crippen molar-refractivity contribution in [3.05, 3.63) is 160 Å².